The Morgan fingerprint density at radius 3 is 2.82 bits per heavy atom. The molecule has 1 aliphatic heterocycles. The predicted molar refractivity (Wildman–Crippen MR) is 86.6 cm³/mol. The highest BCUT2D eigenvalue weighted by Crippen LogP contribution is 2.37. The molecular formula is C16H21N3O2S. The monoisotopic (exact) mass is 319 g/mol. The molecule has 0 unspecified atom stereocenters. The summed E-state index contributed by atoms with van der Waals surface area (Å²) >= 11 is 1.69. The van der Waals surface area contributed by atoms with Crippen molar-refractivity contribution in [1.82, 2.24) is 10.3 Å². The summed E-state index contributed by atoms with van der Waals surface area (Å²) in [5, 5.41) is 10.6. The van der Waals surface area contributed by atoms with E-state index in [2.05, 4.69) is 16.5 Å². The average Bonchev–Trinajstić information content (AvgIpc) is 3.20. The lowest BCUT2D eigenvalue weighted by molar-refractivity contribution is -0.130. The van der Waals surface area contributed by atoms with Crippen LogP contribution >= 0.6 is 11.3 Å². The maximum absolute atomic E-state index is 12.5. The van der Waals surface area contributed by atoms with Crippen molar-refractivity contribution >= 4 is 28.9 Å². The second-order valence-electron chi connectivity index (χ2n) is 5.98. The van der Waals surface area contributed by atoms with Gasteiger partial charge in [0.05, 0.1) is 6.04 Å². The van der Waals surface area contributed by atoms with Gasteiger partial charge >= 0.3 is 0 Å². The Labute approximate surface area is 134 Å². The molecule has 22 heavy (non-hydrogen) atoms. The average molecular weight is 319 g/mol. The number of hydrazone groups is 1. The molecule has 2 heterocycles. The van der Waals surface area contributed by atoms with Crippen molar-refractivity contribution in [3.8, 4) is 0 Å². The summed E-state index contributed by atoms with van der Waals surface area (Å²) in [7, 11) is 1.60. The molecule has 1 atom stereocenters. The number of carbonyl (C=O) groups is 2. The van der Waals surface area contributed by atoms with Gasteiger partial charge in [-0.3, -0.25) is 9.59 Å². The van der Waals surface area contributed by atoms with Gasteiger partial charge in [-0.1, -0.05) is 18.9 Å². The quantitative estimate of drug-likeness (QED) is 0.927. The number of amides is 2. The summed E-state index contributed by atoms with van der Waals surface area (Å²) < 4.78 is 0. The number of nitrogens with zero attached hydrogens (tertiary/aromatic N) is 2. The molecule has 1 aliphatic carbocycles. The lowest BCUT2D eigenvalue weighted by atomic mass is 9.96. The zero-order valence-corrected chi connectivity index (χ0v) is 13.6. The van der Waals surface area contributed by atoms with E-state index < -0.39 is 0 Å². The van der Waals surface area contributed by atoms with Gasteiger partial charge in [0.2, 0.25) is 5.91 Å². The fraction of sp³-hybridized carbons (Fsp3) is 0.562. The zero-order chi connectivity index (χ0) is 15.5. The Kier molecular flexibility index (Phi) is 4.57. The smallest absolute Gasteiger partial charge is 0.268 e. The van der Waals surface area contributed by atoms with E-state index in [0.717, 1.165) is 12.8 Å². The van der Waals surface area contributed by atoms with Crippen molar-refractivity contribution in [3.05, 3.63) is 22.4 Å². The summed E-state index contributed by atoms with van der Waals surface area (Å²) in [6, 6.07) is 4.19. The van der Waals surface area contributed by atoms with Crippen LogP contribution in [0.25, 0.3) is 0 Å². The number of thiophene rings is 1. The van der Waals surface area contributed by atoms with Crippen LogP contribution in [0.3, 0.4) is 0 Å². The fourth-order valence-electron chi connectivity index (χ4n) is 3.24. The van der Waals surface area contributed by atoms with Crippen LogP contribution in [-0.4, -0.2) is 29.6 Å². The van der Waals surface area contributed by atoms with Crippen LogP contribution in [0.1, 0.15) is 49.4 Å². The van der Waals surface area contributed by atoms with Crippen molar-refractivity contribution in [2.45, 2.75) is 44.6 Å². The van der Waals surface area contributed by atoms with Gasteiger partial charge < -0.3 is 5.32 Å². The highest BCUT2D eigenvalue weighted by Gasteiger charge is 2.30. The molecule has 1 aromatic heterocycles. The van der Waals surface area contributed by atoms with E-state index in [-0.39, 0.29) is 17.9 Å². The van der Waals surface area contributed by atoms with Crippen LogP contribution in [0.2, 0.25) is 0 Å². The third-order valence-electron chi connectivity index (χ3n) is 4.48. The highest BCUT2D eigenvalue weighted by atomic mass is 32.1. The van der Waals surface area contributed by atoms with Gasteiger partial charge in [0.1, 0.15) is 5.71 Å². The second-order valence-corrected chi connectivity index (χ2v) is 6.95. The first kappa shape index (κ1) is 15.2. The van der Waals surface area contributed by atoms with Gasteiger partial charge in [0.25, 0.3) is 5.91 Å². The fourth-order valence-corrected chi connectivity index (χ4v) is 4.11. The van der Waals surface area contributed by atoms with E-state index in [1.807, 2.05) is 11.4 Å². The van der Waals surface area contributed by atoms with E-state index >= 15 is 0 Å². The third-order valence-corrected chi connectivity index (χ3v) is 5.43. The lowest BCUT2D eigenvalue weighted by Crippen LogP contribution is -2.40. The molecule has 2 amide bonds. The van der Waals surface area contributed by atoms with Gasteiger partial charge in [0, 0.05) is 24.8 Å². The molecule has 6 heteroatoms. The Hall–Kier alpha value is -1.69. The summed E-state index contributed by atoms with van der Waals surface area (Å²) in [6.07, 6.45) is 5.58. The standard InChI is InChI=1S/C16H21N3O2S/c1-19-14(20)9-8-12(18-19)16(21)17-15(11-5-2-3-6-11)13-7-4-10-22-13/h4,7,10-11,15H,2-3,5-6,8-9H2,1H3,(H,17,21)/t15-/m1/s1. The largest absolute Gasteiger partial charge is 0.343 e. The molecule has 0 aromatic carbocycles. The van der Waals surface area contributed by atoms with E-state index in [1.165, 1.54) is 22.7 Å². The highest BCUT2D eigenvalue weighted by molar-refractivity contribution is 7.10. The Morgan fingerprint density at radius 2 is 2.18 bits per heavy atom. The second kappa shape index (κ2) is 6.60. The van der Waals surface area contributed by atoms with Crippen LogP contribution in [0.5, 0.6) is 0 Å². The van der Waals surface area contributed by atoms with Crippen LogP contribution in [0.15, 0.2) is 22.6 Å². The number of carbonyl (C=O) groups excluding carboxylic acids is 2. The molecule has 2 aliphatic rings. The molecule has 3 rings (SSSR count). The van der Waals surface area contributed by atoms with Gasteiger partial charge in [-0.15, -0.1) is 11.3 Å². The minimum atomic E-state index is -0.135. The molecule has 1 N–H and O–H groups in total. The molecule has 0 saturated heterocycles. The number of hydrogen-bond acceptors (Lipinski definition) is 4. The molecule has 5 nitrogen and oxygen atoms in total. The van der Waals surface area contributed by atoms with Crippen LogP contribution in [0, 0.1) is 5.92 Å². The first-order valence-electron chi connectivity index (χ1n) is 7.83. The summed E-state index contributed by atoms with van der Waals surface area (Å²) in [6.45, 7) is 0. The van der Waals surface area contributed by atoms with Crippen molar-refractivity contribution in [3.63, 3.8) is 0 Å². The third kappa shape index (κ3) is 3.21. The summed E-state index contributed by atoms with van der Waals surface area (Å²) in [5.74, 6) is 0.331. The molecular weight excluding hydrogens is 298 g/mol. The minimum Gasteiger partial charge on any atom is -0.343 e. The Balaban J connectivity index is 1.74. The van der Waals surface area contributed by atoms with E-state index in [9.17, 15) is 9.59 Å². The first-order valence-corrected chi connectivity index (χ1v) is 8.71. The van der Waals surface area contributed by atoms with Gasteiger partial charge in [-0.25, -0.2) is 5.01 Å². The van der Waals surface area contributed by atoms with Crippen LogP contribution < -0.4 is 5.32 Å². The molecule has 0 radical (unpaired) electrons. The summed E-state index contributed by atoms with van der Waals surface area (Å²) in [4.78, 5) is 25.2. The lowest BCUT2D eigenvalue weighted by Gasteiger charge is -2.25. The molecule has 1 aromatic rings. The van der Waals surface area contributed by atoms with Crippen molar-refractivity contribution in [1.29, 1.82) is 0 Å². The predicted octanol–water partition coefficient (Wildman–Crippen LogP) is 2.70. The van der Waals surface area contributed by atoms with E-state index in [0.29, 0.717) is 24.5 Å². The molecule has 1 fully saturated rings. The first-order chi connectivity index (χ1) is 10.6. The normalized spacial score (nSPS) is 20.9. The Bertz CT molecular complexity index is 576. The SMILES string of the molecule is CN1N=C(C(=O)N[C@@H](c2cccs2)C2CCCC2)CCC1=O. The molecule has 118 valence electrons. The van der Waals surface area contributed by atoms with Crippen molar-refractivity contribution in [2.75, 3.05) is 7.05 Å². The topological polar surface area (TPSA) is 61.8 Å². The van der Waals surface area contributed by atoms with Gasteiger partial charge in [-0.05, 0) is 30.2 Å². The maximum atomic E-state index is 12.5. The van der Waals surface area contributed by atoms with Crippen LogP contribution in [-0.2, 0) is 9.59 Å². The van der Waals surface area contributed by atoms with Crippen LogP contribution in [0.4, 0.5) is 0 Å². The maximum Gasteiger partial charge on any atom is 0.268 e. The zero-order valence-electron chi connectivity index (χ0n) is 12.7. The van der Waals surface area contributed by atoms with Gasteiger partial charge in [0.15, 0.2) is 0 Å². The summed E-state index contributed by atoms with van der Waals surface area (Å²) in [5.41, 5.74) is 0.460. The molecule has 0 spiro atoms. The number of nitrogens with one attached hydrogen (secondary N) is 1. The number of hydrogen-bond donors (Lipinski definition) is 1. The van der Waals surface area contributed by atoms with Crippen molar-refractivity contribution < 1.29 is 9.59 Å². The molecule has 0 bridgehead atoms. The van der Waals surface area contributed by atoms with Crippen molar-refractivity contribution in [2.24, 2.45) is 11.0 Å². The van der Waals surface area contributed by atoms with E-state index in [1.54, 1.807) is 18.4 Å². The molecule has 1 saturated carbocycles. The van der Waals surface area contributed by atoms with Gasteiger partial charge in [-0.2, -0.15) is 5.10 Å². The Morgan fingerprint density at radius 1 is 1.41 bits per heavy atom. The van der Waals surface area contributed by atoms with E-state index in [4.69, 9.17) is 0 Å². The minimum absolute atomic E-state index is 0.0397. The number of rotatable bonds is 4.